The molecule has 0 aromatic heterocycles. The Kier molecular flexibility index (Phi) is 12.0. The van der Waals surface area contributed by atoms with Crippen LogP contribution < -0.4 is 18.9 Å². The molecule has 0 amide bonds. The first-order chi connectivity index (χ1) is 32.4. The highest BCUT2D eigenvalue weighted by Gasteiger charge is 2.26. The number of carbonyl (C=O) groups is 2. The first-order valence-corrected chi connectivity index (χ1v) is 23.2. The van der Waals surface area contributed by atoms with Crippen molar-refractivity contribution in [3.63, 3.8) is 0 Å². The van der Waals surface area contributed by atoms with Gasteiger partial charge in [0.15, 0.2) is 0 Å². The van der Waals surface area contributed by atoms with Crippen LogP contribution >= 0.6 is 0 Å². The third-order valence-electron chi connectivity index (χ3n) is 12.7. The second-order valence-electron chi connectivity index (χ2n) is 17.1. The number of fused-ring (bicyclic) bond motifs is 6. The summed E-state index contributed by atoms with van der Waals surface area (Å²) in [6, 6.07) is 56.3. The number of carbonyl (C=O) groups excluding carboxylic acids is 2. The summed E-state index contributed by atoms with van der Waals surface area (Å²) in [5, 5.41) is 10.9. The highest BCUT2D eigenvalue weighted by atomic mass is 16.7. The normalized spacial score (nSPS) is 11.5. The number of hydrogen-bond donors (Lipinski definition) is 0. The summed E-state index contributed by atoms with van der Waals surface area (Å²) < 4.78 is 24.4. The van der Waals surface area contributed by atoms with Crippen molar-refractivity contribution in [1.82, 2.24) is 0 Å². The predicted molar refractivity (Wildman–Crippen MR) is 270 cm³/mol. The maximum absolute atomic E-state index is 13.9. The Morgan fingerprint density at radius 1 is 0.348 bits per heavy atom. The van der Waals surface area contributed by atoms with Crippen LogP contribution in [-0.2, 0) is 12.8 Å². The maximum Gasteiger partial charge on any atom is 0.519 e. The molecule has 0 aliphatic rings. The van der Waals surface area contributed by atoms with E-state index in [4.69, 9.17) is 18.9 Å². The standard InChI is InChI=1S/C60H50O6/c1-3-5-7-17-39-27-33-51-53(35-39)55(47-23-13-15-25-49(47)57(51)65-59(61)63-45-31-29-41-19-9-11-21-43(41)37-45)56-48-24-14-16-26-50(48)58(52-34-28-40(36-54(52)56)18-8-6-4-2)66-60(62)64-46-32-30-42-20-10-12-22-44(42)38-46/h9-16,19-38H,3-8,17-18H2,1-2H3. The minimum atomic E-state index is -0.818. The average molecular weight is 867 g/mol. The van der Waals surface area contributed by atoms with E-state index in [9.17, 15) is 9.59 Å². The topological polar surface area (TPSA) is 71.1 Å². The Labute approximate surface area is 384 Å². The number of rotatable bonds is 13. The molecular formula is C60H50O6. The molecule has 0 aliphatic carbocycles. The summed E-state index contributed by atoms with van der Waals surface area (Å²) in [5.41, 5.74) is 4.40. The molecule has 0 bridgehead atoms. The fourth-order valence-corrected chi connectivity index (χ4v) is 9.46. The molecule has 0 aliphatic heterocycles. The van der Waals surface area contributed by atoms with Crippen LogP contribution in [0.15, 0.2) is 170 Å². The van der Waals surface area contributed by atoms with Gasteiger partial charge < -0.3 is 18.9 Å². The lowest BCUT2D eigenvalue weighted by Crippen LogP contribution is -2.14. The van der Waals surface area contributed by atoms with Crippen molar-refractivity contribution in [2.45, 2.75) is 65.2 Å². The summed E-state index contributed by atoms with van der Waals surface area (Å²) in [5.74, 6) is 1.66. The SMILES string of the molecule is CCCCCc1ccc2c(OC(=O)Oc3ccc4ccccc4c3)c3ccccc3c(-c3c4ccccc4c(OC(=O)Oc4ccc5ccccc5c4)c4ccc(CCCCC)cc34)c2c1. The Morgan fingerprint density at radius 3 is 1.15 bits per heavy atom. The Morgan fingerprint density at radius 2 is 0.727 bits per heavy atom. The van der Waals surface area contributed by atoms with Crippen LogP contribution in [-0.4, -0.2) is 12.3 Å². The van der Waals surface area contributed by atoms with E-state index in [1.807, 2.05) is 109 Å². The summed E-state index contributed by atoms with van der Waals surface area (Å²) in [4.78, 5) is 27.8. The van der Waals surface area contributed by atoms with Gasteiger partial charge in [-0.25, -0.2) is 9.59 Å². The van der Waals surface area contributed by atoms with Gasteiger partial charge in [-0.3, -0.25) is 0 Å². The fourth-order valence-electron chi connectivity index (χ4n) is 9.46. The first-order valence-electron chi connectivity index (χ1n) is 23.2. The molecule has 0 heterocycles. The summed E-state index contributed by atoms with van der Waals surface area (Å²) >= 11 is 0. The second-order valence-corrected chi connectivity index (χ2v) is 17.1. The van der Waals surface area contributed by atoms with Crippen molar-refractivity contribution < 1.29 is 28.5 Å². The highest BCUT2D eigenvalue weighted by molar-refractivity contribution is 6.27. The molecule has 0 saturated carbocycles. The third kappa shape index (κ3) is 8.50. The molecule has 0 spiro atoms. The van der Waals surface area contributed by atoms with Crippen molar-refractivity contribution in [3.05, 3.63) is 181 Å². The minimum absolute atomic E-state index is 0.401. The van der Waals surface area contributed by atoms with Crippen LogP contribution in [0.2, 0.25) is 0 Å². The van der Waals surface area contributed by atoms with E-state index in [2.05, 4.69) is 62.4 Å². The molecule has 10 aromatic carbocycles. The van der Waals surface area contributed by atoms with E-state index in [1.54, 1.807) is 12.1 Å². The van der Waals surface area contributed by atoms with Crippen molar-refractivity contribution >= 4 is 76.9 Å². The molecule has 0 saturated heterocycles. The monoisotopic (exact) mass is 866 g/mol. The number of hydrogen-bond acceptors (Lipinski definition) is 6. The van der Waals surface area contributed by atoms with Gasteiger partial charge in [-0.1, -0.05) is 185 Å². The van der Waals surface area contributed by atoms with Gasteiger partial charge in [0, 0.05) is 21.5 Å². The molecule has 10 rings (SSSR count). The number of benzene rings is 10. The lowest BCUT2D eigenvalue weighted by atomic mass is 9.84. The van der Waals surface area contributed by atoms with Crippen LogP contribution in [0, 0.1) is 0 Å². The van der Waals surface area contributed by atoms with E-state index >= 15 is 0 Å². The number of unbranched alkanes of at least 4 members (excludes halogenated alkanes) is 4. The van der Waals surface area contributed by atoms with Gasteiger partial charge in [0.2, 0.25) is 0 Å². The van der Waals surface area contributed by atoms with E-state index < -0.39 is 12.3 Å². The molecule has 326 valence electrons. The Hall–Kier alpha value is -7.70. The van der Waals surface area contributed by atoms with Crippen molar-refractivity contribution in [1.29, 1.82) is 0 Å². The van der Waals surface area contributed by atoms with E-state index in [0.29, 0.717) is 23.0 Å². The van der Waals surface area contributed by atoms with Gasteiger partial charge in [-0.2, -0.15) is 0 Å². The molecule has 6 nitrogen and oxygen atoms in total. The van der Waals surface area contributed by atoms with Gasteiger partial charge >= 0.3 is 12.3 Å². The smallest absolute Gasteiger partial charge is 0.395 e. The van der Waals surface area contributed by atoms with Gasteiger partial charge in [0.05, 0.1) is 0 Å². The van der Waals surface area contributed by atoms with Gasteiger partial charge in [0.1, 0.15) is 23.0 Å². The van der Waals surface area contributed by atoms with Gasteiger partial charge in [-0.15, -0.1) is 0 Å². The molecule has 6 heteroatoms. The molecular weight excluding hydrogens is 817 g/mol. The largest absolute Gasteiger partial charge is 0.519 e. The van der Waals surface area contributed by atoms with Crippen LogP contribution in [0.5, 0.6) is 23.0 Å². The Balaban J connectivity index is 1.16. The fraction of sp³-hybridized carbons (Fsp3) is 0.167. The highest BCUT2D eigenvalue weighted by Crippen LogP contribution is 2.50. The zero-order valence-corrected chi connectivity index (χ0v) is 37.3. The number of ether oxygens (including phenoxy) is 4. The molecule has 10 aromatic rings. The van der Waals surface area contributed by atoms with Crippen molar-refractivity contribution in [3.8, 4) is 34.1 Å². The minimum Gasteiger partial charge on any atom is -0.395 e. The summed E-state index contributed by atoms with van der Waals surface area (Å²) in [7, 11) is 0. The molecule has 0 N–H and O–H groups in total. The lowest BCUT2D eigenvalue weighted by Gasteiger charge is -2.22. The quantitative estimate of drug-likeness (QED) is 0.0498. The average Bonchev–Trinajstić information content (AvgIpc) is 3.34. The number of aryl methyl sites for hydroxylation is 2. The molecule has 0 fully saturated rings. The van der Waals surface area contributed by atoms with Gasteiger partial charge in [-0.05, 0) is 115 Å². The predicted octanol–water partition coefficient (Wildman–Crippen LogP) is 16.9. The van der Waals surface area contributed by atoms with E-state index in [1.165, 1.54) is 11.1 Å². The van der Waals surface area contributed by atoms with Crippen molar-refractivity contribution in [2.75, 3.05) is 0 Å². The van der Waals surface area contributed by atoms with E-state index in [-0.39, 0.29) is 0 Å². The first kappa shape index (κ1) is 42.3. The maximum atomic E-state index is 13.9. The Bertz CT molecular complexity index is 3230. The zero-order chi connectivity index (χ0) is 45.0. The van der Waals surface area contributed by atoms with Crippen LogP contribution in [0.25, 0.3) is 75.8 Å². The van der Waals surface area contributed by atoms with Gasteiger partial charge in [0.25, 0.3) is 0 Å². The second kappa shape index (κ2) is 18.8. The van der Waals surface area contributed by atoms with Crippen LogP contribution in [0.3, 0.4) is 0 Å². The third-order valence-corrected chi connectivity index (χ3v) is 12.7. The van der Waals surface area contributed by atoms with Crippen molar-refractivity contribution in [2.24, 2.45) is 0 Å². The molecule has 0 radical (unpaired) electrons. The van der Waals surface area contributed by atoms with Crippen LogP contribution in [0.1, 0.15) is 63.5 Å². The lowest BCUT2D eigenvalue weighted by molar-refractivity contribution is 0.152. The van der Waals surface area contributed by atoms with E-state index in [0.717, 1.165) is 127 Å². The molecule has 0 unspecified atom stereocenters. The zero-order valence-electron chi connectivity index (χ0n) is 37.3. The van der Waals surface area contributed by atoms with Crippen LogP contribution in [0.4, 0.5) is 9.59 Å². The summed E-state index contributed by atoms with van der Waals surface area (Å²) in [6.07, 6.45) is 6.77. The molecule has 0 atom stereocenters. The molecule has 66 heavy (non-hydrogen) atoms. The summed E-state index contributed by atoms with van der Waals surface area (Å²) in [6.45, 7) is 4.43.